The van der Waals surface area contributed by atoms with Crippen LogP contribution in [-0.2, 0) is 14.4 Å². The first kappa shape index (κ1) is 25.1. The summed E-state index contributed by atoms with van der Waals surface area (Å²) in [6, 6.07) is -1.95. The lowest BCUT2D eigenvalue weighted by Gasteiger charge is -2.46. The Balaban J connectivity index is 5.40. The van der Waals surface area contributed by atoms with Gasteiger partial charge in [-0.15, -0.1) is 0 Å². The molecule has 2 unspecified atom stereocenters. The Morgan fingerprint density at radius 2 is 1.56 bits per heavy atom. The first-order valence-corrected chi connectivity index (χ1v) is 9.67. The molecule has 0 bridgehead atoms. The molecule has 0 saturated heterocycles. The number of quaternary nitrogens is 1. The van der Waals surface area contributed by atoms with Gasteiger partial charge >= 0.3 is 11.9 Å². The van der Waals surface area contributed by atoms with E-state index < -0.39 is 24.0 Å². The van der Waals surface area contributed by atoms with Crippen LogP contribution in [-0.4, -0.2) is 76.0 Å². The largest absolute Gasteiger partial charge is 0.477 e. The number of nitrogens with one attached hydrogen (secondary N) is 1. The monoisotopic (exact) mass is 387 g/mol. The molecule has 0 aromatic heterocycles. The van der Waals surface area contributed by atoms with Gasteiger partial charge in [0.2, 0.25) is 5.91 Å². The molecule has 8 nitrogen and oxygen atoms in total. The highest BCUT2D eigenvalue weighted by atomic mass is 16.4. The maximum absolute atomic E-state index is 11.9. The van der Waals surface area contributed by atoms with Gasteiger partial charge in [-0.1, -0.05) is 39.7 Å². The highest BCUT2D eigenvalue weighted by molar-refractivity contribution is 5.87. The lowest BCUT2D eigenvalue weighted by molar-refractivity contribution is -0.957. The number of hydrogen-bond donors (Lipinski definition) is 4. The van der Waals surface area contributed by atoms with Crippen molar-refractivity contribution in [3.8, 4) is 0 Å². The summed E-state index contributed by atoms with van der Waals surface area (Å²) in [6.07, 6.45) is 6.52. The average Bonchev–Trinajstić information content (AvgIpc) is 2.59. The van der Waals surface area contributed by atoms with Crippen LogP contribution in [0.1, 0.15) is 52.9 Å². The van der Waals surface area contributed by atoms with Crippen LogP contribution < -0.4 is 5.32 Å². The molecule has 156 valence electrons. The maximum Gasteiger partial charge on any atom is 0.362 e. The molecule has 0 fully saturated rings. The van der Waals surface area contributed by atoms with Gasteiger partial charge in [-0.25, -0.2) is 9.59 Å². The third-order valence-corrected chi connectivity index (χ3v) is 4.92. The van der Waals surface area contributed by atoms with Gasteiger partial charge < -0.3 is 20.6 Å². The Morgan fingerprint density at radius 1 is 1.00 bits per heavy atom. The minimum Gasteiger partial charge on any atom is -0.477 e. The number of unbranched alkanes of at least 4 members (excludes halogenated alkanes) is 2. The van der Waals surface area contributed by atoms with E-state index in [-0.39, 0.29) is 49.5 Å². The van der Waals surface area contributed by atoms with Crippen molar-refractivity contribution in [2.75, 3.05) is 26.2 Å². The van der Waals surface area contributed by atoms with E-state index in [0.29, 0.717) is 0 Å². The van der Waals surface area contributed by atoms with E-state index in [1.165, 1.54) is 6.08 Å². The Morgan fingerprint density at radius 3 is 1.96 bits per heavy atom. The molecule has 8 heteroatoms. The van der Waals surface area contributed by atoms with Crippen molar-refractivity contribution in [3.63, 3.8) is 0 Å². The van der Waals surface area contributed by atoms with Crippen LogP contribution in [0.5, 0.6) is 0 Å². The van der Waals surface area contributed by atoms with Crippen molar-refractivity contribution < 1.29 is 34.2 Å². The Kier molecular flexibility index (Phi) is 12.3. The number of aliphatic hydroxyl groups is 1. The van der Waals surface area contributed by atoms with E-state index >= 15 is 0 Å². The Labute approximate surface area is 161 Å². The molecule has 0 rings (SSSR count). The number of nitrogens with zero attached hydrogens (tertiary/aromatic N) is 1. The quantitative estimate of drug-likeness (QED) is 0.191. The predicted octanol–water partition coefficient (Wildman–Crippen LogP) is 1.38. The minimum absolute atomic E-state index is 0.00216. The average molecular weight is 387 g/mol. The van der Waals surface area contributed by atoms with Gasteiger partial charge in [0.05, 0.1) is 19.7 Å². The molecule has 0 aliphatic rings. The smallest absolute Gasteiger partial charge is 0.362 e. The van der Waals surface area contributed by atoms with Crippen LogP contribution in [0.2, 0.25) is 0 Å². The number of carboxylic acids is 2. The van der Waals surface area contributed by atoms with Crippen molar-refractivity contribution in [2.24, 2.45) is 0 Å². The molecule has 1 amide bonds. The molecular weight excluding hydrogens is 352 g/mol. The first-order valence-electron chi connectivity index (χ1n) is 9.67. The third-order valence-electron chi connectivity index (χ3n) is 4.92. The normalized spacial score (nSPS) is 15.9. The maximum atomic E-state index is 11.9. The summed E-state index contributed by atoms with van der Waals surface area (Å²) in [5.41, 5.74) is 0. The van der Waals surface area contributed by atoms with E-state index in [1.54, 1.807) is 19.9 Å². The van der Waals surface area contributed by atoms with Crippen LogP contribution in [0.25, 0.3) is 0 Å². The van der Waals surface area contributed by atoms with Crippen molar-refractivity contribution in [1.29, 1.82) is 0 Å². The molecule has 4 N–H and O–H groups in total. The van der Waals surface area contributed by atoms with Crippen LogP contribution in [0, 0.1) is 0 Å². The number of hydrogen-bond acceptors (Lipinski definition) is 4. The number of aliphatic hydroxyl groups excluding tert-OH is 1. The Bertz CT molecular complexity index is 484. The predicted molar refractivity (Wildman–Crippen MR) is 102 cm³/mol. The number of carbonyl (C=O) groups is 3. The molecule has 0 aliphatic carbocycles. The van der Waals surface area contributed by atoms with Gasteiger partial charge in [0.25, 0.3) is 0 Å². The fraction of sp³-hybridized carbons (Fsp3) is 0.737. The number of allylic oxidation sites excluding steroid dienone is 1. The van der Waals surface area contributed by atoms with Crippen LogP contribution >= 0.6 is 0 Å². The van der Waals surface area contributed by atoms with E-state index in [4.69, 9.17) is 0 Å². The zero-order valence-corrected chi connectivity index (χ0v) is 16.7. The van der Waals surface area contributed by atoms with Gasteiger partial charge in [0.15, 0.2) is 12.1 Å². The summed E-state index contributed by atoms with van der Waals surface area (Å²) in [5.74, 6) is -2.49. The molecule has 0 saturated carbocycles. The second kappa shape index (κ2) is 13.3. The first-order chi connectivity index (χ1) is 12.8. The fourth-order valence-electron chi connectivity index (χ4n) is 3.61. The van der Waals surface area contributed by atoms with E-state index in [2.05, 4.69) is 12.2 Å². The lowest BCUT2D eigenvalue weighted by atomic mass is 10.0. The molecule has 2 atom stereocenters. The molecule has 0 radical (unpaired) electrons. The molecular formula is C19H35N2O6+. The molecule has 27 heavy (non-hydrogen) atoms. The zero-order valence-electron chi connectivity index (χ0n) is 16.7. The van der Waals surface area contributed by atoms with Gasteiger partial charge in [-0.3, -0.25) is 9.28 Å². The SMILES string of the molecule is CCCC/C=C/C(=O)NCC[N+](CCO)(C(CC)C(=O)O)C(CC)C(=O)O. The van der Waals surface area contributed by atoms with Crippen LogP contribution in [0.3, 0.4) is 0 Å². The number of rotatable bonds is 15. The standard InChI is InChI=1S/C19H34N2O6/c1-4-7-8-9-10-17(23)20-11-12-21(13-14-22,15(5-2)18(24)25)16(6-3)19(26)27/h9-10,15-16,22H,4-8,11-14H2,1-3H3,(H2-,20,23,24,25,26,27)/p+1/b10-9+. The van der Waals surface area contributed by atoms with E-state index in [0.717, 1.165) is 19.3 Å². The second-order valence-corrected chi connectivity index (χ2v) is 6.63. The number of carbonyl (C=O) groups excluding carboxylic acids is 1. The van der Waals surface area contributed by atoms with Crippen LogP contribution in [0.15, 0.2) is 12.2 Å². The highest BCUT2D eigenvalue weighted by Gasteiger charge is 2.48. The van der Waals surface area contributed by atoms with Crippen LogP contribution in [0.4, 0.5) is 0 Å². The van der Waals surface area contributed by atoms with Crippen molar-refractivity contribution in [1.82, 2.24) is 5.32 Å². The summed E-state index contributed by atoms with van der Waals surface area (Å²) < 4.78 is -0.298. The summed E-state index contributed by atoms with van der Waals surface area (Å²) >= 11 is 0. The molecule has 0 heterocycles. The van der Waals surface area contributed by atoms with Gasteiger partial charge in [0, 0.05) is 12.8 Å². The van der Waals surface area contributed by atoms with Crippen molar-refractivity contribution in [2.45, 2.75) is 65.0 Å². The van der Waals surface area contributed by atoms with Gasteiger partial charge in [-0.05, 0) is 12.5 Å². The summed E-state index contributed by atoms with van der Waals surface area (Å²) in [7, 11) is 0. The number of amides is 1. The van der Waals surface area contributed by atoms with Gasteiger partial charge in [-0.2, -0.15) is 0 Å². The van der Waals surface area contributed by atoms with Crippen molar-refractivity contribution >= 4 is 17.8 Å². The van der Waals surface area contributed by atoms with Crippen molar-refractivity contribution in [3.05, 3.63) is 12.2 Å². The summed E-state index contributed by atoms with van der Waals surface area (Å²) in [6.45, 7) is 5.34. The second-order valence-electron chi connectivity index (χ2n) is 6.63. The van der Waals surface area contributed by atoms with E-state index in [1.807, 2.05) is 0 Å². The Hall–Kier alpha value is -1.93. The summed E-state index contributed by atoms with van der Waals surface area (Å²) in [4.78, 5) is 35.5. The molecule has 0 spiro atoms. The van der Waals surface area contributed by atoms with Gasteiger partial charge in [0.1, 0.15) is 6.54 Å². The third kappa shape index (κ3) is 7.68. The topological polar surface area (TPSA) is 124 Å². The molecule has 0 aromatic rings. The lowest BCUT2D eigenvalue weighted by Crippen LogP contribution is -2.68. The highest BCUT2D eigenvalue weighted by Crippen LogP contribution is 2.24. The van der Waals surface area contributed by atoms with E-state index in [9.17, 15) is 29.7 Å². The summed E-state index contributed by atoms with van der Waals surface area (Å²) in [5, 5.41) is 31.5. The molecule has 0 aliphatic heterocycles. The fourth-order valence-corrected chi connectivity index (χ4v) is 3.61. The number of carboxylic acid groups (broad SMARTS) is 2. The zero-order chi connectivity index (χ0) is 20.9. The molecule has 0 aromatic carbocycles. The minimum atomic E-state index is -1.10. The number of aliphatic carboxylic acids is 2.